The highest BCUT2D eigenvalue weighted by Gasteiger charge is 2.39. The van der Waals surface area contributed by atoms with Gasteiger partial charge in [0, 0.05) is 18.5 Å². The topological polar surface area (TPSA) is 99.9 Å². The summed E-state index contributed by atoms with van der Waals surface area (Å²) in [5, 5.41) is 12.7. The van der Waals surface area contributed by atoms with Crippen LogP contribution in [0.1, 0.15) is 35.1 Å². The number of methoxy groups -OCH3 is 1. The number of ether oxygens (including phenoxy) is 1. The van der Waals surface area contributed by atoms with Crippen molar-refractivity contribution in [3.05, 3.63) is 75.1 Å². The van der Waals surface area contributed by atoms with Crippen LogP contribution in [-0.4, -0.2) is 37.0 Å². The Morgan fingerprint density at radius 2 is 1.79 bits per heavy atom. The first-order valence-electron chi connectivity index (χ1n) is 10.9. The summed E-state index contributed by atoms with van der Waals surface area (Å²) < 4.78 is 11.0. The minimum Gasteiger partial charge on any atom is -0.549 e. The molecule has 0 spiro atoms. The van der Waals surface area contributed by atoms with Crippen LogP contribution >= 0.6 is 0 Å². The third-order valence-corrected chi connectivity index (χ3v) is 6.72. The Balaban J connectivity index is 1.58. The Morgan fingerprint density at radius 1 is 1.12 bits per heavy atom. The highest BCUT2D eigenvalue weighted by Crippen LogP contribution is 2.36. The van der Waals surface area contributed by atoms with Crippen molar-refractivity contribution in [2.24, 2.45) is 0 Å². The number of rotatable bonds is 5. The molecule has 2 aromatic carbocycles. The highest BCUT2D eigenvalue weighted by atomic mass is 16.5. The van der Waals surface area contributed by atoms with Crippen LogP contribution in [0.25, 0.3) is 11.0 Å². The first-order valence-corrected chi connectivity index (χ1v) is 10.9. The first-order chi connectivity index (χ1) is 15.8. The molecule has 0 bridgehead atoms. The number of amides is 1. The molecule has 0 aliphatic carbocycles. The van der Waals surface area contributed by atoms with Crippen molar-refractivity contribution in [1.82, 2.24) is 4.90 Å². The van der Waals surface area contributed by atoms with Gasteiger partial charge >= 0.3 is 5.63 Å². The largest absolute Gasteiger partial charge is 0.549 e. The van der Waals surface area contributed by atoms with Gasteiger partial charge < -0.3 is 24.0 Å². The summed E-state index contributed by atoms with van der Waals surface area (Å²) >= 11 is 0. The Morgan fingerprint density at radius 3 is 2.39 bits per heavy atom. The average molecular weight is 448 g/mol. The number of carbonyl (C=O) groups excluding carboxylic acids is 2. The fourth-order valence-electron chi connectivity index (χ4n) is 4.77. The van der Waals surface area contributed by atoms with Crippen LogP contribution < -0.4 is 15.5 Å². The molecule has 7 heteroatoms. The molecule has 1 amide bonds. The third kappa shape index (κ3) is 3.99. The van der Waals surface area contributed by atoms with E-state index in [0.29, 0.717) is 27.8 Å². The van der Waals surface area contributed by atoms with Crippen LogP contribution in [0, 0.1) is 13.8 Å². The van der Waals surface area contributed by atoms with Gasteiger partial charge in [0.15, 0.2) is 0 Å². The molecule has 172 valence electrons. The minimum atomic E-state index is -1.13. The number of carboxylic acid groups (broad SMARTS) is 1. The lowest BCUT2D eigenvalue weighted by molar-refractivity contribution is -0.315. The molecule has 1 aliphatic heterocycles. The quantitative estimate of drug-likeness (QED) is 0.555. The summed E-state index contributed by atoms with van der Waals surface area (Å²) in [7, 11) is 1.55. The van der Waals surface area contributed by atoms with Gasteiger partial charge in [-0.1, -0.05) is 30.3 Å². The molecule has 0 atom stereocenters. The summed E-state index contributed by atoms with van der Waals surface area (Å²) in [5.74, 6) is -0.787. The van der Waals surface area contributed by atoms with Gasteiger partial charge in [0.2, 0.25) is 5.91 Å². The number of hydrogen-bond acceptors (Lipinski definition) is 6. The smallest absolute Gasteiger partial charge is 0.340 e. The molecule has 7 nitrogen and oxygen atoms in total. The monoisotopic (exact) mass is 448 g/mol. The Hall–Kier alpha value is -3.61. The van der Waals surface area contributed by atoms with E-state index < -0.39 is 17.0 Å². The summed E-state index contributed by atoms with van der Waals surface area (Å²) in [6.07, 6.45) is 0.387. The molecule has 1 saturated heterocycles. The van der Waals surface area contributed by atoms with E-state index in [1.54, 1.807) is 49.3 Å². The van der Waals surface area contributed by atoms with Gasteiger partial charge in [-0.25, -0.2) is 4.79 Å². The summed E-state index contributed by atoms with van der Waals surface area (Å²) in [4.78, 5) is 39.5. The number of aryl methyl sites for hydroxylation is 2. The second kappa shape index (κ2) is 8.73. The van der Waals surface area contributed by atoms with Gasteiger partial charge in [-0.2, -0.15) is 0 Å². The fraction of sp³-hybridized carbons (Fsp3) is 0.346. The van der Waals surface area contributed by atoms with Gasteiger partial charge in [0.1, 0.15) is 11.3 Å². The number of hydrogen-bond donors (Lipinski definition) is 0. The zero-order valence-corrected chi connectivity index (χ0v) is 19.0. The zero-order valence-electron chi connectivity index (χ0n) is 19.0. The van der Waals surface area contributed by atoms with Crippen molar-refractivity contribution in [2.45, 2.75) is 38.5 Å². The van der Waals surface area contributed by atoms with Gasteiger partial charge in [-0.05, 0) is 55.5 Å². The number of benzene rings is 2. The van der Waals surface area contributed by atoms with Crippen molar-refractivity contribution < 1.29 is 23.8 Å². The summed E-state index contributed by atoms with van der Waals surface area (Å²) in [6.45, 7) is 4.20. The maximum Gasteiger partial charge on any atom is 0.340 e. The molecule has 1 aliphatic rings. The predicted octanol–water partition coefficient (Wildman–Crippen LogP) is 2.27. The van der Waals surface area contributed by atoms with E-state index in [9.17, 15) is 19.5 Å². The van der Waals surface area contributed by atoms with E-state index in [1.165, 1.54) is 0 Å². The van der Waals surface area contributed by atoms with Crippen molar-refractivity contribution in [3.63, 3.8) is 0 Å². The van der Waals surface area contributed by atoms with Crippen molar-refractivity contribution in [2.75, 3.05) is 20.2 Å². The second-order valence-corrected chi connectivity index (χ2v) is 8.63. The molecule has 4 rings (SSSR count). The van der Waals surface area contributed by atoms with E-state index in [-0.39, 0.29) is 43.8 Å². The average Bonchev–Trinajstić information content (AvgIpc) is 2.81. The van der Waals surface area contributed by atoms with Crippen LogP contribution in [0.5, 0.6) is 5.75 Å². The molecular weight excluding hydrogens is 422 g/mol. The van der Waals surface area contributed by atoms with Crippen molar-refractivity contribution in [1.29, 1.82) is 0 Å². The van der Waals surface area contributed by atoms with Crippen LogP contribution in [0.2, 0.25) is 0 Å². The maximum atomic E-state index is 13.1. The first kappa shape index (κ1) is 22.6. The predicted molar refractivity (Wildman–Crippen MR) is 121 cm³/mol. The van der Waals surface area contributed by atoms with E-state index in [4.69, 9.17) is 9.15 Å². The molecule has 2 heterocycles. The van der Waals surface area contributed by atoms with Gasteiger partial charge in [0.25, 0.3) is 0 Å². The number of carbonyl (C=O) groups is 2. The number of carboxylic acids is 1. The molecule has 0 radical (unpaired) electrons. The van der Waals surface area contributed by atoms with E-state index in [0.717, 1.165) is 5.56 Å². The lowest BCUT2D eigenvalue weighted by atomic mass is 9.73. The molecule has 0 unspecified atom stereocenters. The summed E-state index contributed by atoms with van der Waals surface area (Å²) in [5.41, 5.74) is 1.27. The van der Waals surface area contributed by atoms with Gasteiger partial charge in [-0.3, -0.25) is 4.79 Å². The molecule has 3 aromatic rings. The summed E-state index contributed by atoms with van der Waals surface area (Å²) in [6, 6.07) is 12.6. The molecule has 33 heavy (non-hydrogen) atoms. The van der Waals surface area contributed by atoms with E-state index in [2.05, 4.69) is 0 Å². The van der Waals surface area contributed by atoms with E-state index in [1.807, 2.05) is 19.1 Å². The lowest BCUT2D eigenvalue weighted by Gasteiger charge is -2.43. The molecule has 0 N–H and O–H groups in total. The van der Waals surface area contributed by atoms with Gasteiger partial charge in [-0.15, -0.1) is 0 Å². The number of fused-ring (bicyclic) bond motifs is 1. The number of aliphatic carboxylic acids is 1. The highest BCUT2D eigenvalue weighted by molar-refractivity contribution is 5.90. The minimum absolute atomic E-state index is 0.120. The van der Waals surface area contributed by atoms with E-state index >= 15 is 0 Å². The van der Waals surface area contributed by atoms with Crippen LogP contribution in [-0.2, 0) is 21.4 Å². The number of nitrogens with zero attached hydrogens (tertiary/aromatic N) is 1. The molecule has 1 fully saturated rings. The molecule has 1 aromatic heterocycles. The van der Waals surface area contributed by atoms with Crippen LogP contribution in [0.3, 0.4) is 0 Å². The number of likely N-dealkylation sites (tertiary alicyclic amines) is 1. The normalized spacial score (nSPS) is 15.4. The SMILES string of the molecule is COc1cc(C)cc2oc(=O)c(CC(=O)N3CCC(C(=O)[O-])(c4ccccc4)CC3)c(C)c12. The third-order valence-electron chi connectivity index (χ3n) is 6.72. The standard InChI is InChI=1S/C26H27NO6/c1-16-13-20(32-3)23-17(2)19(24(29)33-21(23)14-16)15-22(28)27-11-9-26(10-12-27,25(30)31)18-7-5-4-6-8-18/h4-8,13-14H,9-12,15H2,1-3H3,(H,30,31)/p-1. The maximum absolute atomic E-state index is 13.1. The number of piperidine rings is 1. The Kier molecular flexibility index (Phi) is 5.97. The Bertz CT molecular complexity index is 1270. The van der Waals surface area contributed by atoms with Crippen LogP contribution in [0.15, 0.2) is 51.7 Å². The fourth-order valence-corrected chi connectivity index (χ4v) is 4.77. The molecular formula is C26H26NO6-. The zero-order chi connectivity index (χ0) is 23.8. The molecule has 0 saturated carbocycles. The van der Waals surface area contributed by atoms with Gasteiger partial charge in [0.05, 0.1) is 30.4 Å². The Labute approximate surface area is 191 Å². The lowest BCUT2D eigenvalue weighted by Crippen LogP contribution is -2.54. The van der Waals surface area contributed by atoms with Crippen molar-refractivity contribution >= 4 is 22.8 Å². The van der Waals surface area contributed by atoms with Crippen LogP contribution in [0.4, 0.5) is 0 Å². The second-order valence-electron chi connectivity index (χ2n) is 8.63. The van der Waals surface area contributed by atoms with Crippen molar-refractivity contribution in [3.8, 4) is 5.75 Å².